The average molecular weight is 568 g/mol. The summed E-state index contributed by atoms with van der Waals surface area (Å²) in [6, 6.07) is 15.7. The van der Waals surface area contributed by atoms with Crippen LogP contribution in [0.2, 0.25) is 0 Å². The van der Waals surface area contributed by atoms with Gasteiger partial charge in [-0.3, -0.25) is 19.7 Å². The van der Waals surface area contributed by atoms with Gasteiger partial charge in [0, 0.05) is 6.54 Å². The highest BCUT2D eigenvalue weighted by Gasteiger charge is 2.38. The zero-order valence-electron chi connectivity index (χ0n) is 23.3. The lowest BCUT2D eigenvalue weighted by Gasteiger charge is -2.29. The molecule has 0 spiro atoms. The maximum Gasteiger partial charge on any atom is 0.326 e. The first-order valence-corrected chi connectivity index (χ1v) is 14.3. The van der Waals surface area contributed by atoms with E-state index < -0.39 is 48.0 Å². The fourth-order valence-corrected chi connectivity index (χ4v) is 5.26. The number of unbranched alkanes of at least 4 members (excludes halogenated alkanes) is 1. The predicted octanol–water partition coefficient (Wildman–Crippen LogP) is 2.95. The highest BCUT2D eigenvalue weighted by atomic mass is 16.4. The summed E-state index contributed by atoms with van der Waals surface area (Å²) in [5.41, 5.74) is 2.05. The van der Waals surface area contributed by atoms with E-state index in [1.165, 1.54) is 4.90 Å². The first kappa shape index (κ1) is 31.8. The van der Waals surface area contributed by atoms with Crippen molar-refractivity contribution >= 4 is 23.8 Å². The molecule has 3 rings (SSSR count). The number of carbonyl (C=O) groups excluding carboxylic acids is 1. The molecule has 222 valence electrons. The van der Waals surface area contributed by atoms with Gasteiger partial charge in [-0.25, -0.2) is 4.79 Å². The number of carboxylic acids is 3. The second-order valence-corrected chi connectivity index (χ2v) is 10.5. The zero-order valence-corrected chi connectivity index (χ0v) is 23.3. The normalized spacial score (nSPS) is 17.1. The number of amides is 1. The van der Waals surface area contributed by atoms with Crippen molar-refractivity contribution in [3.8, 4) is 0 Å². The monoisotopic (exact) mass is 567 g/mol. The highest BCUT2D eigenvalue weighted by Crippen LogP contribution is 2.20. The Labute approximate surface area is 240 Å². The second-order valence-electron chi connectivity index (χ2n) is 10.5. The molecule has 0 radical (unpaired) electrons. The van der Waals surface area contributed by atoms with Crippen molar-refractivity contribution in [3.63, 3.8) is 0 Å². The zero-order chi connectivity index (χ0) is 29.6. The molecule has 10 nitrogen and oxygen atoms in total. The summed E-state index contributed by atoms with van der Waals surface area (Å²) in [7, 11) is 0. The maximum absolute atomic E-state index is 13.5. The largest absolute Gasteiger partial charge is 0.480 e. The fourth-order valence-electron chi connectivity index (χ4n) is 5.26. The number of hydrogen-bond acceptors (Lipinski definition) is 6. The molecule has 41 heavy (non-hydrogen) atoms. The lowest BCUT2D eigenvalue weighted by Crippen LogP contribution is -2.54. The van der Waals surface area contributed by atoms with Gasteiger partial charge >= 0.3 is 17.9 Å². The standard InChI is InChI=1S/C31H41N3O7/c35-28(34-21-9-15-27(34)31(40)41)24(33-26(30(38)39)19-17-23-12-5-2-6-13-23)14-7-8-20-32-25(29(36)37)18-16-22-10-3-1-4-11-22/h1-6,10-13,24-27,32-33H,7-9,14-21H2,(H,36,37)(H,38,39)(H,40,41)/t24-,25?,26-,27-/m0/s1. The molecule has 5 N–H and O–H groups in total. The molecule has 10 heteroatoms. The molecular weight excluding hydrogens is 526 g/mol. The van der Waals surface area contributed by atoms with Crippen LogP contribution < -0.4 is 10.6 Å². The first-order valence-electron chi connectivity index (χ1n) is 14.3. The van der Waals surface area contributed by atoms with E-state index in [0.29, 0.717) is 64.5 Å². The fraction of sp³-hybridized carbons (Fsp3) is 0.484. The lowest BCUT2D eigenvalue weighted by molar-refractivity contribution is -0.149. The molecular formula is C31H41N3O7. The predicted molar refractivity (Wildman–Crippen MR) is 154 cm³/mol. The van der Waals surface area contributed by atoms with Crippen molar-refractivity contribution in [2.45, 2.75) is 82.0 Å². The summed E-state index contributed by atoms with van der Waals surface area (Å²) in [5, 5.41) is 35.2. The Morgan fingerprint density at radius 3 is 1.85 bits per heavy atom. The van der Waals surface area contributed by atoms with Gasteiger partial charge in [0.15, 0.2) is 0 Å². The van der Waals surface area contributed by atoms with E-state index in [4.69, 9.17) is 0 Å². The van der Waals surface area contributed by atoms with Gasteiger partial charge in [-0.15, -0.1) is 0 Å². The minimum Gasteiger partial charge on any atom is -0.480 e. The van der Waals surface area contributed by atoms with Crippen molar-refractivity contribution < 1.29 is 34.5 Å². The molecule has 1 amide bonds. The molecule has 2 aromatic carbocycles. The quantitative estimate of drug-likeness (QED) is 0.171. The van der Waals surface area contributed by atoms with Crippen LogP contribution in [0.25, 0.3) is 0 Å². The Morgan fingerprint density at radius 1 is 0.756 bits per heavy atom. The van der Waals surface area contributed by atoms with Crippen LogP contribution in [0.1, 0.15) is 56.1 Å². The summed E-state index contributed by atoms with van der Waals surface area (Å²) in [5.74, 6) is -3.46. The van der Waals surface area contributed by atoms with E-state index in [-0.39, 0.29) is 6.42 Å². The molecule has 1 fully saturated rings. The molecule has 1 heterocycles. The van der Waals surface area contributed by atoms with Gasteiger partial charge in [0.25, 0.3) is 0 Å². The third-order valence-electron chi connectivity index (χ3n) is 7.56. The SMILES string of the molecule is O=C(O)C(CCc1ccccc1)NCCCC[C@H](N[C@@H](CCc1ccccc1)C(=O)O)C(=O)N1CCC[C@H]1C(=O)O. The van der Waals surface area contributed by atoms with E-state index >= 15 is 0 Å². The smallest absolute Gasteiger partial charge is 0.326 e. The molecule has 1 saturated heterocycles. The number of aryl methyl sites for hydroxylation is 2. The van der Waals surface area contributed by atoms with Crippen LogP contribution in [0.5, 0.6) is 0 Å². The minimum absolute atomic E-state index is 0.273. The van der Waals surface area contributed by atoms with Crippen molar-refractivity contribution in [3.05, 3.63) is 71.8 Å². The maximum atomic E-state index is 13.5. The number of rotatable bonds is 18. The molecule has 0 bridgehead atoms. The van der Waals surface area contributed by atoms with E-state index in [1.807, 2.05) is 60.7 Å². The third-order valence-corrected chi connectivity index (χ3v) is 7.56. The van der Waals surface area contributed by atoms with Gasteiger partial charge in [-0.2, -0.15) is 0 Å². The minimum atomic E-state index is -1.07. The van der Waals surface area contributed by atoms with Gasteiger partial charge in [0.2, 0.25) is 5.91 Å². The van der Waals surface area contributed by atoms with Crippen molar-refractivity contribution in [1.82, 2.24) is 15.5 Å². The van der Waals surface area contributed by atoms with Crippen LogP contribution in [0.15, 0.2) is 60.7 Å². The number of nitrogens with zero attached hydrogens (tertiary/aromatic N) is 1. The summed E-state index contributed by atoms with van der Waals surface area (Å²) >= 11 is 0. The van der Waals surface area contributed by atoms with Gasteiger partial charge in [0.05, 0.1) is 6.04 Å². The van der Waals surface area contributed by atoms with Crippen LogP contribution >= 0.6 is 0 Å². The van der Waals surface area contributed by atoms with Crippen molar-refractivity contribution in [1.29, 1.82) is 0 Å². The van der Waals surface area contributed by atoms with Gasteiger partial charge in [0.1, 0.15) is 18.1 Å². The summed E-state index contributed by atoms with van der Waals surface area (Å²) in [6.07, 6.45) is 4.21. The Balaban J connectivity index is 1.58. The van der Waals surface area contributed by atoms with Crippen LogP contribution in [0, 0.1) is 0 Å². The number of hydrogen-bond donors (Lipinski definition) is 5. The first-order chi connectivity index (χ1) is 19.8. The molecule has 0 aromatic heterocycles. The highest BCUT2D eigenvalue weighted by molar-refractivity contribution is 5.88. The van der Waals surface area contributed by atoms with Crippen molar-refractivity contribution in [2.75, 3.05) is 13.1 Å². The lowest BCUT2D eigenvalue weighted by atomic mass is 10.0. The second kappa shape index (κ2) is 16.5. The number of nitrogens with one attached hydrogen (secondary N) is 2. The Hall–Kier alpha value is -3.76. The summed E-state index contributed by atoms with van der Waals surface area (Å²) in [4.78, 5) is 50.4. The van der Waals surface area contributed by atoms with Crippen LogP contribution in [-0.4, -0.2) is 81.3 Å². The molecule has 1 unspecified atom stereocenters. The number of carboxylic acid groups (broad SMARTS) is 3. The molecule has 1 aliphatic rings. The van der Waals surface area contributed by atoms with Gasteiger partial charge < -0.3 is 25.5 Å². The molecule has 1 aliphatic heterocycles. The Kier molecular flexibility index (Phi) is 12.8. The third kappa shape index (κ3) is 10.3. The molecule has 4 atom stereocenters. The van der Waals surface area contributed by atoms with E-state index in [0.717, 1.165) is 11.1 Å². The van der Waals surface area contributed by atoms with E-state index in [1.54, 1.807) is 0 Å². The Morgan fingerprint density at radius 2 is 1.32 bits per heavy atom. The number of carbonyl (C=O) groups is 4. The van der Waals surface area contributed by atoms with Crippen molar-refractivity contribution in [2.24, 2.45) is 0 Å². The number of aliphatic carboxylic acids is 3. The average Bonchev–Trinajstić information content (AvgIpc) is 3.46. The van der Waals surface area contributed by atoms with E-state index in [9.17, 15) is 34.5 Å². The molecule has 0 saturated carbocycles. The number of benzene rings is 2. The van der Waals surface area contributed by atoms with Crippen LogP contribution in [0.3, 0.4) is 0 Å². The molecule has 2 aromatic rings. The summed E-state index contributed by atoms with van der Waals surface area (Å²) in [6.45, 7) is 0.740. The molecule has 0 aliphatic carbocycles. The Bertz CT molecular complexity index is 1130. The van der Waals surface area contributed by atoms with Crippen LogP contribution in [-0.2, 0) is 32.0 Å². The van der Waals surface area contributed by atoms with E-state index in [2.05, 4.69) is 10.6 Å². The van der Waals surface area contributed by atoms with Gasteiger partial charge in [-0.05, 0) is 69.0 Å². The topological polar surface area (TPSA) is 156 Å². The number of likely N-dealkylation sites (tertiary alicyclic amines) is 1. The van der Waals surface area contributed by atoms with Gasteiger partial charge in [-0.1, -0.05) is 67.1 Å². The summed E-state index contributed by atoms with van der Waals surface area (Å²) < 4.78 is 0. The van der Waals surface area contributed by atoms with Crippen LogP contribution in [0.4, 0.5) is 0 Å².